The number of piperidine rings is 1. The van der Waals surface area contributed by atoms with Gasteiger partial charge in [0.2, 0.25) is 0 Å². The van der Waals surface area contributed by atoms with Crippen molar-refractivity contribution >= 4 is 17.1 Å². The zero-order chi connectivity index (χ0) is 23.7. The Balaban J connectivity index is 1.25. The Labute approximate surface area is 193 Å². The minimum atomic E-state index is -4.76. The average Bonchev–Trinajstić information content (AvgIpc) is 3.28. The standard InChI is InChI=1S/C23H25F3N6O2/c24-23(25,26)34-16-3-1-15(2-4-16)22(33)32-11-6-14(7-12-32)17-5-8-29-21-19(17)30-20(31-21)18-13-27-9-10-28-18/h1-5,8,14,18,27-28H,6-7,9-13H2,(H,29,30,31)/t18-/m0/s1. The number of carbonyl (C=O) groups excluding carboxylic acids is 1. The summed E-state index contributed by atoms with van der Waals surface area (Å²) in [7, 11) is 0. The van der Waals surface area contributed by atoms with Crippen LogP contribution in [0.5, 0.6) is 5.75 Å². The van der Waals surface area contributed by atoms with E-state index in [9.17, 15) is 18.0 Å². The van der Waals surface area contributed by atoms with Crippen molar-refractivity contribution in [2.45, 2.75) is 31.2 Å². The number of aromatic nitrogens is 3. The third-order valence-corrected chi connectivity index (χ3v) is 6.37. The molecule has 8 nitrogen and oxygen atoms in total. The van der Waals surface area contributed by atoms with Crippen LogP contribution in [0, 0.1) is 0 Å². The molecule has 11 heteroatoms. The summed E-state index contributed by atoms with van der Waals surface area (Å²) in [6, 6.07) is 7.17. The van der Waals surface area contributed by atoms with E-state index in [1.165, 1.54) is 12.1 Å². The summed E-state index contributed by atoms with van der Waals surface area (Å²) in [6.07, 6.45) is -1.43. The van der Waals surface area contributed by atoms with Crippen LogP contribution in [0.3, 0.4) is 0 Å². The molecular formula is C23H25F3N6O2. The fourth-order valence-electron chi connectivity index (χ4n) is 4.68. The highest BCUT2D eigenvalue weighted by molar-refractivity contribution is 5.94. The largest absolute Gasteiger partial charge is 0.573 e. The summed E-state index contributed by atoms with van der Waals surface area (Å²) in [5.41, 5.74) is 3.12. The van der Waals surface area contributed by atoms with Crippen molar-refractivity contribution in [3.8, 4) is 5.75 Å². The molecule has 4 heterocycles. The maximum absolute atomic E-state index is 12.9. The Morgan fingerprint density at radius 2 is 1.85 bits per heavy atom. The molecule has 3 N–H and O–H groups in total. The highest BCUT2D eigenvalue weighted by Gasteiger charge is 2.31. The molecule has 0 radical (unpaired) electrons. The van der Waals surface area contributed by atoms with Crippen molar-refractivity contribution in [3.63, 3.8) is 0 Å². The SMILES string of the molecule is O=C(c1ccc(OC(F)(F)F)cc1)N1CCC(c2ccnc3nc([C@@H]4CNCCN4)[nH]c23)CC1. The lowest BCUT2D eigenvalue weighted by Crippen LogP contribution is -2.43. The molecule has 1 atom stereocenters. The summed E-state index contributed by atoms with van der Waals surface area (Å²) in [5, 5.41) is 6.81. The summed E-state index contributed by atoms with van der Waals surface area (Å²) < 4.78 is 40.9. The van der Waals surface area contributed by atoms with Gasteiger partial charge in [0.25, 0.3) is 5.91 Å². The molecule has 0 aliphatic carbocycles. The predicted molar refractivity (Wildman–Crippen MR) is 119 cm³/mol. The lowest BCUT2D eigenvalue weighted by Gasteiger charge is -2.32. The zero-order valence-electron chi connectivity index (χ0n) is 18.4. The number of H-pyrrole nitrogens is 1. The van der Waals surface area contributed by atoms with E-state index in [-0.39, 0.29) is 23.6 Å². The Hall–Kier alpha value is -3.18. The van der Waals surface area contributed by atoms with Crippen molar-refractivity contribution in [1.82, 2.24) is 30.5 Å². The molecular weight excluding hydrogens is 449 g/mol. The first kappa shape index (κ1) is 22.6. The predicted octanol–water partition coefficient (Wildman–Crippen LogP) is 3.11. The molecule has 5 rings (SSSR count). The smallest absolute Gasteiger partial charge is 0.406 e. The van der Waals surface area contributed by atoms with E-state index in [4.69, 9.17) is 0 Å². The van der Waals surface area contributed by atoms with Crippen LogP contribution >= 0.6 is 0 Å². The molecule has 180 valence electrons. The molecule has 0 saturated carbocycles. The maximum atomic E-state index is 12.9. The number of carbonyl (C=O) groups is 1. The number of hydrogen-bond donors (Lipinski definition) is 3. The third kappa shape index (κ3) is 4.85. The Morgan fingerprint density at radius 1 is 1.09 bits per heavy atom. The normalized spacial score (nSPS) is 20.0. The Morgan fingerprint density at radius 3 is 2.53 bits per heavy atom. The highest BCUT2D eigenvalue weighted by atomic mass is 19.4. The Bertz CT molecular complexity index is 1150. The van der Waals surface area contributed by atoms with E-state index in [1.807, 2.05) is 6.07 Å². The van der Waals surface area contributed by atoms with Crippen molar-refractivity contribution in [2.24, 2.45) is 0 Å². The van der Waals surface area contributed by atoms with Gasteiger partial charge in [0.1, 0.15) is 11.6 Å². The molecule has 0 bridgehead atoms. The molecule has 2 aromatic heterocycles. The van der Waals surface area contributed by atoms with E-state index >= 15 is 0 Å². The van der Waals surface area contributed by atoms with E-state index in [2.05, 4.69) is 30.3 Å². The fourth-order valence-corrected chi connectivity index (χ4v) is 4.68. The first-order chi connectivity index (χ1) is 16.4. The fraction of sp³-hybridized carbons (Fsp3) is 0.435. The van der Waals surface area contributed by atoms with Crippen LogP contribution in [0.1, 0.15) is 46.5 Å². The van der Waals surface area contributed by atoms with Gasteiger partial charge in [-0.25, -0.2) is 9.97 Å². The minimum absolute atomic E-state index is 0.114. The van der Waals surface area contributed by atoms with Gasteiger partial charge in [0.05, 0.1) is 11.6 Å². The number of pyridine rings is 1. The van der Waals surface area contributed by atoms with Crippen molar-refractivity contribution in [2.75, 3.05) is 32.7 Å². The van der Waals surface area contributed by atoms with Crippen molar-refractivity contribution in [3.05, 3.63) is 53.5 Å². The topological polar surface area (TPSA) is 95.2 Å². The number of alkyl halides is 3. The first-order valence-corrected chi connectivity index (χ1v) is 11.3. The quantitative estimate of drug-likeness (QED) is 0.538. The molecule has 2 aliphatic heterocycles. The van der Waals surface area contributed by atoms with Gasteiger partial charge in [-0.1, -0.05) is 0 Å². The molecule has 2 aliphatic rings. The molecule has 0 spiro atoms. The molecule has 1 aromatic carbocycles. The maximum Gasteiger partial charge on any atom is 0.573 e. The van der Waals surface area contributed by atoms with E-state index < -0.39 is 6.36 Å². The van der Waals surface area contributed by atoms with E-state index in [0.717, 1.165) is 61.5 Å². The van der Waals surface area contributed by atoms with Crippen LogP contribution in [0.4, 0.5) is 13.2 Å². The molecule has 1 amide bonds. The highest BCUT2D eigenvalue weighted by Crippen LogP contribution is 2.33. The number of halogens is 3. The van der Waals surface area contributed by atoms with Crippen molar-refractivity contribution in [1.29, 1.82) is 0 Å². The second-order valence-electron chi connectivity index (χ2n) is 8.57. The molecule has 2 fully saturated rings. The summed E-state index contributed by atoms with van der Waals surface area (Å²) in [5.74, 6) is 0.578. The van der Waals surface area contributed by atoms with Gasteiger partial charge in [0, 0.05) is 44.5 Å². The van der Waals surface area contributed by atoms with E-state index in [0.29, 0.717) is 24.3 Å². The lowest BCUT2D eigenvalue weighted by molar-refractivity contribution is -0.274. The van der Waals surface area contributed by atoms with Crippen LogP contribution in [0.15, 0.2) is 36.5 Å². The molecule has 34 heavy (non-hydrogen) atoms. The minimum Gasteiger partial charge on any atom is -0.406 e. The molecule has 0 unspecified atom stereocenters. The van der Waals surface area contributed by atoms with Gasteiger partial charge in [-0.15, -0.1) is 13.2 Å². The van der Waals surface area contributed by atoms with Crippen LogP contribution < -0.4 is 15.4 Å². The van der Waals surface area contributed by atoms with Gasteiger partial charge in [-0.3, -0.25) is 4.79 Å². The number of rotatable bonds is 4. The number of nitrogens with zero attached hydrogens (tertiary/aromatic N) is 3. The van der Waals surface area contributed by atoms with Crippen LogP contribution in [0.2, 0.25) is 0 Å². The van der Waals surface area contributed by atoms with Crippen LogP contribution in [0.25, 0.3) is 11.2 Å². The number of imidazole rings is 1. The third-order valence-electron chi connectivity index (χ3n) is 6.37. The van der Waals surface area contributed by atoms with Crippen molar-refractivity contribution < 1.29 is 22.7 Å². The lowest BCUT2D eigenvalue weighted by atomic mass is 9.89. The number of ether oxygens (including phenoxy) is 1. The van der Waals surface area contributed by atoms with E-state index in [1.54, 1.807) is 11.1 Å². The van der Waals surface area contributed by atoms with Gasteiger partial charge >= 0.3 is 6.36 Å². The zero-order valence-corrected chi connectivity index (χ0v) is 18.4. The van der Waals surface area contributed by atoms with Gasteiger partial charge in [-0.05, 0) is 54.7 Å². The van der Waals surface area contributed by atoms with Crippen LogP contribution in [-0.4, -0.2) is 64.8 Å². The monoisotopic (exact) mass is 474 g/mol. The average molecular weight is 474 g/mol. The first-order valence-electron chi connectivity index (χ1n) is 11.3. The summed E-state index contributed by atoms with van der Waals surface area (Å²) in [6.45, 7) is 3.74. The summed E-state index contributed by atoms with van der Waals surface area (Å²) >= 11 is 0. The number of benzene rings is 1. The number of amides is 1. The second kappa shape index (κ2) is 9.22. The number of nitrogens with one attached hydrogen (secondary N) is 3. The number of fused-ring (bicyclic) bond motifs is 1. The van der Waals surface area contributed by atoms with Crippen LogP contribution in [-0.2, 0) is 0 Å². The number of likely N-dealkylation sites (tertiary alicyclic amines) is 1. The Kier molecular flexibility index (Phi) is 6.13. The molecule has 3 aromatic rings. The number of hydrogen-bond acceptors (Lipinski definition) is 6. The van der Waals surface area contributed by atoms with Gasteiger partial charge < -0.3 is 25.3 Å². The van der Waals surface area contributed by atoms with Gasteiger partial charge in [0.15, 0.2) is 5.65 Å². The number of aromatic amines is 1. The molecule has 2 saturated heterocycles. The second-order valence-corrected chi connectivity index (χ2v) is 8.57. The number of piperazine rings is 1. The summed E-state index contributed by atoms with van der Waals surface area (Å²) in [4.78, 5) is 27.2. The van der Waals surface area contributed by atoms with Gasteiger partial charge in [-0.2, -0.15) is 0 Å².